The molecule has 5 nitrogen and oxygen atoms in total. The van der Waals surface area contributed by atoms with Gasteiger partial charge in [-0.25, -0.2) is 4.98 Å². The molecule has 1 N–H and O–H groups in total. The molecule has 0 unspecified atom stereocenters. The van der Waals surface area contributed by atoms with Crippen LogP contribution in [0.1, 0.15) is 5.56 Å². The molecule has 1 aromatic heterocycles. The molecule has 0 saturated carbocycles. The van der Waals surface area contributed by atoms with E-state index >= 15 is 0 Å². The SMILES string of the molecule is O=C(Cc1ccc2c(c1)OCO2)Nc1cccc(-c2csc(-c3ccccc3)n2)c1. The summed E-state index contributed by atoms with van der Waals surface area (Å²) < 4.78 is 10.7. The molecule has 30 heavy (non-hydrogen) atoms. The maximum Gasteiger partial charge on any atom is 0.231 e. The van der Waals surface area contributed by atoms with Crippen molar-refractivity contribution in [3.63, 3.8) is 0 Å². The number of carbonyl (C=O) groups excluding carboxylic acids is 1. The Labute approximate surface area is 177 Å². The summed E-state index contributed by atoms with van der Waals surface area (Å²) in [6, 6.07) is 23.4. The van der Waals surface area contributed by atoms with E-state index in [4.69, 9.17) is 14.5 Å². The number of hydrogen-bond acceptors (Lipinski definition) is 5. The van der Waals surface area contributed by atoms with Gasteiger partial charge < -0.3 is 14.8 Å². The number of benzene rings is 3. The number of fused-ring (bicyclic) bond motifs is 1. The molecule has 0 atom stereocenters. The van der Waals surface area contributed by atoms with Crippen molar-refractivity contribution in [1.82, 2.24) is 4.98 Å². The molecular formula is C24H18N2O3S. The molecule has 6 heteroatoms. The fourth-order valence-electron chi connectivity index (χ4n) is 3.32. The number of rotatable bonds is 5. The minimum Gasteiger partial charge on any atom is -0.454 e. The number of amides is 1. The molecule has 1 aliphatic heterocycles. The van der Waals surface area contributed by atoms with Gasteiger partial charge in [0.2, 0.25) is 12.7 Å². The highest BCUT2D eigenvalue weighted by Gasteiger charge is 2.15. The Hall–Kier alpha value is -3.64. The van der Waals surface area contributed by atoms with Crippen LogP contribution in [0.5, 0.6) is 11.5 Å². The summed E-state index contributed by atoms with van der Waals surface area (Å²) in [6.45, 7) is 0.223. The number of nitrogens with one attached hydrogen (secondary N) is 1. The Morgan fingerprint density at radius 1 is 0.933 bits per heavy atom. The highest BCUT2D eigenvalue weighted by Crippen LogP contribution is 2.33. The van der Waals surface area contributed by atoms with Crippen molar-refractivity contribution in [2.24, 2.45) is 0 Å². The van der Waals surface area contributed by atoms with Gasteiger partial charge in [-0.05, 0) is 29.8 Å². The van der Waals surface area contributed by atoms with Crippen molar-refractivity contribution in [2.45, 2.75) is 6.42 Å². The van der Waals surface area contributed by atoms with Crippen LogP contribution in [-0.4, -0.2) is 17.7 Å². The zero-order chi connectivity index (χ0) is 20.3. The van der Waals surface area contributed by atoms with Gasteiger partial charge >= 0.3 is 0 Å². The van der Waals surface area contributed by atoms with Crippen LogP contribution >= 0.6 is 11.3 Å². The molecule has 4 aromatic rings. The molecule has 0 spiro atoms. The van der Waals surface area contributed by atoms with Crippen molar-refractivity contribution >= 4 is 22.9 Å². The molecule has 3 aromatic carbocycles. The Kier molecular flexibility index (Phi) is 4.91. The minimum absolute atomic E-state index is 0.0886. The van der Waals surface area contributed by atoms with Crippen molar-refractivity contribution in [1.29, 1.82) is 0 Å². The number of anilines is 1. The lowest BCUT2D eigenvalue weighted by atomic mass is 10.1. The average molecular weight is 414 g/mol. The van der Waals surface area contributed by atoms with Crippen LogP contribution < -0.4 is 14.8 Å². The monoisotopic (exact) mass is 414 g/mol. The smallest absolute Gasteiger partial charge is 0.231 e. The first-order valence-electron chi connectivity index (χ1n) is 9.54. The molecular weight excluding hydrogens is 396 g/mol. The van der Waals surface area contributed by atoms with E-state index in [0.29, 0.717) is 11.5 Å². The molecule has 0 bridgehead atoms. The minimum atomic E-state index is -0.0886. The lowest BCUT2D eigenvalue weighted by Gasteiger charge is -2.07. The summed E-state index contributed by atoms with van der Waals surface area (Å²) in [5.41, 5.74) is 4.58. The molecule has 0 radical (unpaired) electrons. The zero-order valence-corrected chi connectivity index (χ0v) is 16.8. The van der Waals surface area contributed by atoms with Crippen molar-refractivity contribution in [2.75, 3.05) is 12.1 Å². The van der Waals surface area contributed by atoms with Gasteiger partial charge in [-0.1, -0.05) is 48.5 Å². The second kappa shape index (κ2) is 8.00. The van der Waals surface area contributed by atoms with Crippen LogP contribution in [0.25, 0.3) is 21.8 Å². The summed E-state index contributed by atoms with van der Waals surface area (Å²) >= 11 is 1.61. The lowest BCUT2D eigenvalue weighted by molar-refractivity contribution is -0.115. The van der Waals surface area contributed by atoms with Crippen molar-refractivity contribution in [3.05, 3.63) is 83.7 Å². The van der Waals surface area contributed by atoms with Gasteiger partial charge in [-0.3, -0.25) is 4.79 Å². The molecule has 5 rings (SSSR count). The second-order valence-electron chi connectivity index (χ2n) is 6.90. The highest BCUT2D eigenvalue weighted by atomic mass is 32.1. The zero-order valence-electron chi connectivity index (χ0n) is 16.0. The van der Waals surface area contributed by atoms with E-state index in [9.17, 15) is 4.79 Å². The third-order valence-corrected chi connectivity index (χ3v) is 5.66. The molecule has 2 heterocycles. The molecule has 148 valence electrons. The van der Waals surface area contributed by atoms with Crippen LogP contribution in [-0.2, 0) is 11.2 Å². The lowest BCUT2D eigenvalue weighted by Crippen LogP contribution is -2.14. The van der Waals surface area contributed by atoms with Crippen LogP contribution in [0.3, 0.4) is 0 Å². The molecule has 0 saturated heterocycles. The largest absolute Gasteiger partial charge is 0.454 e. The van der Waals surface area contributed by atoms with E-state index in [0.717, 1.165) is 33.1 Å². The Morgan fingerprint density at radius 3 is 2.67 bits per heavy atom. The predicted molar refractivity (Wildman–Crippen MR) is 118 cm³/mol. The third kappa shape index (κ3) is 3.90. The highest BCUT2D eigenvalue weighted by molar-refractivity contribution is 7.13. The fourth-order valence-corrected chi connectivity index (χ4v) is 4.15. The number of hydrogen-bond donors (Lipinski definition) is 1. The molecule has 0 fully saturated rings. The molecule has 0 aliphatic carbocycles. The van der Waals surface area contributed by atoms with Gasteiger partial charge in [0.05, 0.1) is 12.1 Å². The van der Waals surface area contributed by atoms with Crippen LogP contribution in [0.15, 0.2) is 78.2 Å². The van der Waals surface area contributed by atoms with Gasteiger partial charge in [0.1, 0.15) is 5.01 Å². The number of thiazole rings is 1. The van der Waals surface area contributed by atoms with Crippen LogP contribution in [0.2, 0.25) is 0 Å². The van der Waals surface area contributed by atoms with Gasteiger partial charge in [0.15, 0.2) is 11.5 Å². The summed E-state index contributed by atoms with van der Waals surface area (Å²) in [6.07, 6.45) is 0.260. The maximum atomic E-state index is 12.5. The van der Waals surface area contributed by atoms with Crippen molar-refractivity contribution < 1.29 is 14.3 Å². The Bertz CT molecular complexity index is 1200. The van der Waals surface area contributed by atoms with Gasteiger partial charge in [-0.2, -0.15) is 0 Å². The fraction of sp³-hybridized carbons (Fsp3) is 0.0833. The van der Waals surface area contributed by atoms with E-state index in [1.807, 2.05) is 66.0 Å². The van der Waals surface area contributed by atoms with E-state index in [-0.39, 0.29) is 19.1 Å². The maximum absolute atomic E-state index is 12.5. The molecule has 1 amide bonds. The first kappa shape index (κ1) is 18.4. The Balaban J connectivity index is 1.29. The Morgan fingerprint density at radius 2 is 1.77 bits per heavy atom. The van der Waals surface area contributed by atoms with E-state index < -0.39 is 0 Å². The quantitative estimate of drug-likeness (QED) is 0.476. The van der Waals surface area contributed by atoms with E-state index in [2.05, 4.69) is 17.4 Å². The van der Waals surface area contributed by atoms with Crippen LogP contribution in [0.4, 0.5) is 5.69 Å². The molecule has 1 aliphatic rings. The second-order valence-corrected chi connectivity index (χ2v) is 7.76. The third-order valence-electron chi connectivity index (χ3n) is 4.77. The summed E-state index contributed by atoms with van der Waals surface area (Å²) in [7, 11) is 0. The van der Waals surface area contributed by atoms with Gasteiger partial charge in [-0.15, -0.1) is 11.3 Å². The number of carbonyl (C=O) groups is 1. The number of aromatic nitrogens is 1. The topological polar surface area (TPSA) is 60.5 Å². The number of nitrogens with zero attached hydrogens (tertiary/aromatic N) is 1. The summed E-state index contributed by atoms with van der Waals surface area (Å²) in [4.78, 5) is 17.3. The van der Waals surface area contributed by atoms with E-state index in [1.165, 1.54) is 0 Å². The van der Waals surface area contributed by atoms with E-state index in [1.54, 1.807) is 11.3 Å². The van der Waals surface area contributed by atoms with Gasteiger partial charge in [0, 0.05) is 22.2 Å². The summed E-state index contributed by atoms with van der Waals surface area (Å²) in [5, 5.41) is 5.98. The van der Waals surface area contributed by atoms with Crippen molar-refractivity contribution in [3.8, 4) is 33.3 Å². The van der Waals surface area contributed by atoms with Gasteiger partial charge in [0.25, 0.3) is 0 Å². The average Bonchev–Trinajstić information content (AvgIpc) is 3.44. The summed E-state index contributed by atoms with van der Waals surface area (Å²) in [5.74, 6) is 1.30. The normalized spacial score (nSPS) is 12.0. The predicted octanol–water partition coefficient (Wildman–Crippen LogP) is 5.39. The standard InChI is InChI=1S/C24H18N2O3S/c27-23(12-16-9-10-21-22(11-16)29-15-28-21)25-19-8-4-7-18(13-19)20-14-30-24(26-20)17-5-2-1-3-6-17/h1-11,13-14H,12,15H2,(H,25,27). The first-order chi connectivity index (χ1) is 14.7. The number of ether oxygens (including phenoxy) is 2. The van der Waals surface area contributed by atoms with Crippen LogP contribution in [0, 0.1) is 0 Å². The first-order valence-corrected chi connectivity index (χ1v) is 10.4.